The Morgan fingerprint density at radius 3 is 2.19 bits per heavy atom. The molecular formula is C37H55FN6O4. The molecule has 3 fully saturated rings. The third-order valence-electron chi connectivity index (χ3n) is 8.75. The van der Waals surface area contributed by atoms with Crippen LogP contribution in [-0.2, 0) is 16.0 Å². The summed E-state index contributed by atoms with van der Waals surface area (Å²) in [5.74, 6) is -0.246. The first-order chi connectivity index (χ1) is 23.4. The van der Waals surface area contributed by atoms with Crippen LogP contribution in [0, 0.1) is 5.82 Å². The number of carbonyl (C=O) groups is 2. The number of aromatic nitrogens is 2. The molecule has 2 aromatic carbocycles. The van der Waals surface area contributed by atoms with Crippen molar-refractivity contribution in [2.24, 2.45) is 0 Å². The maximum Gasteiger partial charge on any atom is 0.272 e. The minimum Gasteiger partial charge on any atom is -0.375 e. The quantitative estimate of drug-likeness (QED) is 0.355. The van der Waals surface area contributed by atoms with Crippen molar-refractivity contribution in [2.45, 2.75) is 72.0 Å². The number of halogens is 1. The zero-order valence-electron chi connectivity index (χ0n) is 29.5. The van der Waals surface area contributed by atoms with Gasteiger partial charge in [-0.15, -0.1) is 0 Å². The van der Waals surface area contributed by atoms with E-state index in [1.54, 1.807) is 18.2 Å². The lowest BCUT2D eigenvalue weighted by Gasteiger charge is -2.37. The second-order valence-corrected chi connectivity index (χ2v) is 11.9. The Morgan fingerprint density at radius 1 is 0.917 bits per heavy atom. The average Bonchev–Trinajstić information content (AvgIpc) is 3.14. The summed E-state index contributed by atoms with van der Waals surface area (Å²) >= 11 is 0. The highest BCUT2D eigenvalue weighted by molar-refractivity contribution is 5.83. The predicted octanol–water partition coefficient (Wildman–Crippen LogP) is 4.51. The average molecular weight is 667 g/mol. The van der Waals surface area contributed by atoms with Gasteiger partial charge in [-0.05, 0) is 69.6 Å². The van der Waals surface area contributed by atoms with Crippen LogP contribution in [0.1, 0.15) is 75.0 Å². The molecule has 2 N–H and O–H groups in total. The number of piperidine rings is 2. The smallest absolute Gasteiger partial charge is 0.272 e. The van der Waals surface area contributed by atoms with E-state index in [0.717, 1.165) is 89.0 Å². The molecule has 3 saturated heterocycles. The van der Waals surface area contributed by atoms with Crippen molar-refractivity contribution in [3.8, 4) is 0 Å². The van der Waals surface area contributed by atoms with Crippen LogP contribution in [0.5, 0.6) is 0 Å². The Morgan fingerprint density at radius 2 is 1.54 bits per heavy atom. The number of carbonyl (C=O) groups excluding carboxylic acids is 2. The first kappa shape index (κ1) is 38.9. The number of fused-ring (bicyclic) bond motifs is 1. The molecule has 0 bridgehead atoms. The summed E-state index contributed by atoms with van der Waals surface area (Å²) < 4.78 is 19.6. The van der Waals surface area contributed by atoms with Crippen LogP contribution in [0.15, 0.2) is 47.3 Å². The fourth-order valence-electron chi connectivity index (χ4n) is 6.05. The van der Waals surface area contributed by atoms with Gasteiger partial charge in [0.25, 0.3) is 5.56 Å². The van der Waals surface area contributed by atoms with Crippen LogP contribution in [0.3, 0.4) is 0 Å². The van der Waals surface area contributed by atoms with Gasteiger partial charge in [0, 0.05) is 51.1 Å². The van der Waals surface area contributed by atoms with Gasteiger partial charge in [-0.2, -0.15) is 5.10 Å². The van der Waals surface area contributed by atoms with Crippen LogP contribution in [-0.4, -0.2) is 115 Å². The summed E-state index contributed by atoms with van der Waals surface area (Å²) in [6.45, 7) is 16.5. The SMILES string of the molecule is CC.CC.CN1CCN(C(=O)CN2CCC(OC3CCNCC3)CC2)CC1.O=Cc1cc(Cc2n[nH]c(=O)c3ccccc23)ccc1F. The number of nitrogens with zero attached hydrogens (tertiary/aromatic N) is 4. The summed E-state index contributed by atoms with van der Waals surface area (Å²) in [5, 5.41) is 11.2. The minimum absolute atomic E-state index is 0.0150. The first-order valence-electron chi connectivity index (χ1n) is 17.6. The van der Waals surface area contributed by atoms with Crippen LogP contribution < -0.4 is 10.9 Å². The molecule has 264 valence electrons. The van der Waals surface area contributed by atoms with E-state index in [1.807, 2.05) is 44.7 Å². The standard InChI is InChI=1S/C17H32N4O2.C16H11FN2O2.2C2H6/c1-19-10-12-21(13-11-19)17(22)14-20-8-4-16(5-9-20)23-15-2-6-18-7-3-15;17-14-6-5-10(7-11(14)9-20)8-15-12-3-1-2-4-13(12)16(21)19-18-15;2*1-2/h15-16,18H,2-14H2,1H3;1-7,9H,8H2,(H,19,21);2*1-2H3. The number of likely N-dealkylation sites (N-methyl/N-ethyl adjacent to an activating group) is 1. The van der Waals surface area contributed by atoms with Gasteiger partial charge in [0.15, 0.2) is 6.29 Å². The van der Waals surface area contributed by atoms with Crippen LogP contribution >= 0.6 is 0 Å². The van der Waals surface area contributed by atoms with Crippen LogP contribution in [0.4, 0.5) is 4.39 Å². The van der Waals surface area contributed by atoms with E-state index in [0.29, 0.717) is 48.4 Å². The second-order valence-electron chi connectivity index (χ2n) is 11.9. The van der Waals surface area contributed by atoms with Crippen molar-refractivity contribution >= 4 is 23.0 Å². The summed E-state index contributed by atoms with van der Waals surface area (Å²) in [6, 6.07) is 11.5. The Balaban J connectivity index is 0.000000237. The number of benzene rings is 2. The molecule has 0 unspecified atom stereocenters. The van der Waals surface area contributed by atoms with Crippen molar-refractivity contribution in [1.82, 2.24) is 30.2 Å². The summed E-state index contributed by atoms with van der Waals surface area (Å²) in [5.41, 5.74) is 1.19. The highest BCUT2D eigenvalue weighted by atomic mass is 19.1. The molecule has 1 amide bonds. The monoisotopic (exact) mass is 666 g/mol. The lowest BCUT2D eigenvalue weighted by molar-refractivity contribution is -0.135. The number of hydrogen-bond acceptors (Lipinski definition) is 8. The molecule has 0 saturated carbocycles. The van der Waals surface area contributed by atoms with E-state index in [9.17, 15) is 18.8 Å². The molecule has 0 spiro atoms. The minimum atomic E-state index is -0.548. The van der Waals surface area contributed by atoms with Gasteiger partial charge < -0.3 is 19.9 Å². The summed E-state index contributed by atoms with van der Waals surface area (Å²) in [7, 11) is 2.12. The normalized spacial score (nSPS) is 17.7. The Hall–Kier alpha value is -3.51. The molecular weight excluding hydrogens is 611 g/mol. The Labute approximate surface area is 285 Å². The lowest BCUT2D eigenvalue weighted by Crippen LogP contribution is -2.51. The van der Waals surface area contributed by atoms with Gasteiger partial charge in [0.2, 0.25) is 5.91 Å². The predicted molar refractivity (Wildman–Crippen MR) is 190 cm³/mol. The molecule has 1 aromatic heterocycles. The first-order valence-corrected chi connectivity index (χ1v) is 17.6. The van der Waals surface area contributed by atoms with Crippen LogP contribution in [0.25, 0.3) is 10.8 Å². The van der Waals surface area contributed by atoms with E-state index < -0.39 is 5.82 Å². The highest BCUT2D eigenvalue weighted by Crippen LogP contribution is 2.20. The number of H-pyrrole nitrogens is 1. The molecule has 6 rings (SSSR count). The van der Waals surface area contributed by atoms with Crippen molar-refractivity contribution in [1.29, 1.82) is 0 Å². The fourth-order valence-corrected chi connectivity index (χ4v) is 6.05. The molecule has 4 heterocycles. The number of likely N-dealkylation sites (tertiary alicyclic amines) is 1. The largest absolute Gasteiger partial charge is 0.375 e. The van der Waals surface area contributed by atoms with Gasteiger partial charge in [0.1, 0.15) is 5.82 Å². The van der Waals surface area contributed by atoms with Gasteiger partial charge >= 0.3 is 0 Å². The van der Waals surface area contributed by atoms with Gasteiger partial charge in [-0.3, -0.25) is 19.3 Å². The van der Waals surface area contributed by atoms with Crippen molar-refractivity contribution in [2.75, 3.05) is 66.0 Å². The number of hydrogen-bond donors (Lipinski definition) is 2. The van der Waals surface area contributed by atoms with Crippen molar-refractivity contribution < 1.29 is 18.7 Å². The lowest BCUT2D eigenvalue weighted by atomic mass is 10.0. The van der Waals surface area contributed by atoms with Crippen molar-refractivity contribution in [3.05, 3.63) is 75.5 Å². The maximum absolute atomic E-state index is 13.3. The number of aldehydes is 1. The molecule has 3 aliphatic heterocycles. The Bertz CT molecular complexity index is 1460. The molecule has 3 aromatic rings. The fraction of sp³-hybridized carbons (Fsp3) is 0.568. The number of nitrogens with one attached hydrogen (secondary N) is 2. The molecule has 48 heavy (non-hydrogen) atoms. The zero-order chi connectivity index (χ0) is 34.9. The third-order valence-corrected chi connectivity index (χ3v) is 8.75. The van der Waals surface area contributed by atoms with Crippen molar-refractivity contribution in [3.63, 3.8) is 0 Å². The summed E-state index contributed by atoms with van der Waals surface area (Å²) in [6.07, 6.45) is 6.15. The number of amides is 1. The van der Waals surface area contributed by atoms with E-state index in [4.69, 9.17) is 4.74 Å². The van der Waals surface area contributed by atoms with Gasteiger partial charge in [-0.25, -0.2) is 9.49 Å². The zero-order valence-corrected chi connectivity index (χ0v) is 29.5. The number of piperazine rings is 1. The van der Waals surface area contributed by atoms with E-state index in [1.165, 1.54) is 12.1 Å². The molecule has 0 aliphatic carbocycles. The number of aromatic amines is 1. The van der Waals surface area contributed by atoms with Gasteiger partial charge in [0.05, 0.1) is 35.4 Å². The number of rotatable bonds is 7. The molecule has 11 heteroatoms. The molecule has 0 atom stereocenters. The summed E-state index contributed by atoms with van der Waals surface area (Å²) in [4.78, 5) is 41.5. The molecule has 3 aliphatic rings. The topological polar surface area (TPSA) is 111 Å². The maximum atomic E-state index is 13.3. The van der Waals surface area contributed by atoms with E-state index in [-0.39, 0.29) is 11.1 Å². The molecule has 10 nitrogen and oxygen atoms in total. The third kappa shape index (κ3) is 11.6. The Kier molecular flexibility index (Phi) is 16.8. The van der Waals surface area contributed by atoms with Crippen LogP contribution in [0.2, 0.25) is 0 Å². The van der Waals surface area contributed by atoms with E-state index in [2.05, 4.69) is 32.4 Å². The highest BCUT2D eigenvalue weighted by Gasteiger charge is 2.27. The molecule has 0 radical (unpaired) electrons. The van der Waals surface area contributed by atoms with Gasteiger partial charge in [-0.1, -0.05) is 52.0 Å². The second kappa shape index (κ2) is 20.8. The van der Waals surface area contributed by atoms with E-state index >= 15 is 0 Å². The number of ether oxygens (including phenoxy) is 1.